The van der Waals surface area contributed by atoms with Crippen molar-refractivity contribution in [3.05, 3.63) is 24.0 Å². The summed E-state index contributed by atoms with van der Waals surface area (Å²) in [6, 6.07) is 5.40. The van der Waals surface area contributed by atoms with Crippen molar-refractivity contribution in [3.8, 4) is 11.7 Å². The molecule has 1 N–H and O–H groups in total. The lowest BCUT2D eigenvalue weighted by Crippen LogP contribution is -2.52. The molecule has 17 heteroatoms. The van der Waals surface area contributed by atoms with Crippen LogP contribution in [0.25, 0.3) is 17.0 Å². The van der Waals surface area contributed by atoms with Gasteiger partial charge in [0.15, 0.2) is 0 Å². The maximum absolute atomic E-state index is 14.3. The Balaban J connectivity index is 1.20. The molecule has 0 unspecified atom stereocenters. The van der Waals surface area contributed by atoms with Gasteiger partial charge in [0.2, 0.25) is 27.9 Å². The third-order valence-electron chi connectivity index (χ3n) is 8.61. The van der Waals surface area contributed by atoms with E-state index in [0.717, 1.165) is 26.2 Å². The van der Waals surface area contributed by atoms with Gasteiger partial charge in [-0.1, -0.05) is 6.07 Å². The van der Waals surface area contributed by atoms with E-state index in [0.29, 0.717) is 94.3 Å². The van der Waals surface area contributed by atoms with Gasteiger partial charge in [-0.3, -0.25) is 14.4 Å². The van der Waals surface area contributed by atoms with Gasteiger partial charge in [-0.05, 0) is 12.1 Å². The molecular formula is C28H41FN10O5S. The summed E-state index contributed by atoms with van der Waals surface area (Å²) < 4.78 is 55.0. The van der Waals surface area contributed by atoms with Crippen molar-refractivity contribution >= 4 is 33.0 Å². The van der Waals surface area contributed by atoms with Crippen LogP contribution in [0.15, 0.2) is 18.2 Å². The van der Waals surface area contributed by atoms with Crippen molar-refractivity contribution < 1.29 is 27.4 Å². The first-order valence-electron chi connectivity index (χ1n) is 15.4. The molecule has 5 heterocycles. The number of anilines is 2. The number of nitrogens with zero attached hydrogens (tertiary/aromatic N) is 10. The highest BCUT2D eigenvalue weighted by Gasteiger charge is 2.30. The Bertz CT molecular complexity index is 1550. The topological polar surface area (TPSA) is 146 Å². The number of sulfonamides is 1. The molecule has 0 atom stereocenters. The molecule has 0 bridgehead atoms. The van der Waals surface area contributed by atoms with Crippen LogP contribution in [0, 0.1) is 0 Å². The van der Waals surface area contributed by atoms with Gasteiger partial charge in [-0.25, -0.2) is 17.8 Å². The molecule has 3 fully saturated rings. The van der Waals surface area contributed by atoms with Gasteiger partial charge in [0, 0.05) is 78.5 Å². The molecule has 2 aromatic heterocycles. The Morgan fingerprint density at radius 2 is 1.47 bits per heavy atom. The van der Waals surface area contributed by atoms with Crippen molar-refractivity contribution in [1.82, 2.24) is 38.6 Å². The van der Waals surface area contributed by atoms with Gasteiger partial charge in [0.25, 0.3) is 0 Å². The number of methoxy groups -OCH3 is 1. The van der Waals surface area contributed by atoms with Gasteiger partial charge < -0.3 is 24.4 Å². The summed E-state index contributed by atoms with van der Waals surface area (Å²) in [7, 11) is -1.91. The van der Waals surface area contributed by atoms with Crippen LogP contribution in [0.2, 0.25) is 0 Å². The van der Waals surface area contributed by atoms with E-state index in [1.807, 2.05) is 21.9 Å². The van der Waals surface area contributed by atoms with E-state index >= 15 is 0 Å². The second-order valence-corrected chi connectivity index (χ2v) is 13.4. The Morgan fingerprint density at radius 1 is 0.844 bits per heavy atom. The summed E-state index contributed by atoms with van der Waals surface area (Å²) in [4.78, 5) is 27.1. The number of halogens is 1. The fraction of sp³-hybridized carbons (Fsp3) is 0.643. The number of β-amino-alcohol motifs (C(OH)–C–C–N with tert-alkyl or cyclic N) is 1. The molecule has 3 aliphatic heterocycles. The first-order valence-corrected chi connectivity index (χ1v) is 17.0. The third kappa shape index (κ3) is 6.97. The van der Waals surface area contributed by atoms with E-state index in [1.165, 1.54) is 0 Å². The number of fused-ring (bicyclic) bond motifs is 1. The van der Waals surface area contributed by atoms with E-state index in [9.17, 15) is 12.8 Å². The molecule has 0 radical (unpaired) electrons. The highest BCUT2D eigenvalue weighted by atomic mass is 32.2. The van der Waals surface area contributed by atoms with Crippen molar-refractivity contribution in [2.45, 2.75) is 6.67 Å². The fourth-order valence-electron chi connectivity index (χ4n) is 6.01. The number of aliphatic hydroxyl groups is 1. The van der Waals surface area contributed by atoms with Gasteiger partial charge in [-0.2, -0.15) is 19.3 Å². The van der Waals surface area contributed by atoms with Crippen LogP contribution in [-0.4, -0.2) is 163 Å². The minimum Gasteiger partial charge on any atom is -0.494 e. The summed E-state index contributed by atoms with van der Waals surface area (Å²) in [6.45, 7) is 7.35. The molecule has 45 heavy (non-hydrogen) atoms. The number of imidazole rings is 1. The van der Waals surface area contributed by atoms with Crippen molar-refractivity contribution in [2.75, 3.05) is 121 Å². The Labute approximate surface area is 262 Å². The van der Waals surface area contributed by atoms with Gasteiger partial charge in [-0.15, -0.1) is 0 Å². The highest BCUT2D eigenvalue weighted by Crippen LogP contribution is 2.29. The SMILES string of the molecule is COc1cccc2c1nc(CF)n2-c1nc(N2CCOCC2)nc(N2CCN(S(=O)(=O)CCN3CCN(CCO)CC3)CC2)n1. The van der Waals surface area contributed by atoms with Crippen LogP contribution in [-0.2, 0) is 21.4 Å². The van der Waals surface area contributed by atoms with Crippen LogP contribution in [0.3, 0.4) is 0 Å². The molecule has 15 nitrogen and oxygen atoms in total. The highest BCUT2D eigenvalue weighted by molar-refractivity contribution is 7.89. The number of benzene rings is 1. The predicted octanol–water partition coefficient (Wildman–Crippen LogP) is -0.413. The standard InChI is InChI=1S/C28H41FN10O5S/c1-43-23-4-2-3-22-25(23)30-24(21-29)39(22)28-32-26(31-27(33-28)37-14-18-44-19-15-37)36-9-11-38(12-10-36)45(41,42)20-16-35-7-5-34(6-8-35)13-17-40/h2-4,40H,5-21H2,1H3. The molecule has 0 spiro atoms. The lowest BCUT2D eigenvalue weighted by Gasteiger charge is -2.36. The molecule has 3 saturated heterocycles. The number of alkyl halides is 1. The Morgan fingerprint density at radius 3 is 2.09 bits per heavy atom. The van der Waals surface area contributed by atoms with Crippen LogP contribution in [0.4, 0.5) is 16.3 Å². The smallest absolute Gasteiger partial charge is 0.242 e. The Hall–Kier alpha value is -3.22. The van der Waals surface area contributed by atoms with Crippen LogP contribution >= 0.6 is 0 Å². The summed E-state index contributed by atoms with van der Waals surface area (Å²) in [6.07, 6.45) is 0. The number of hydrogen-bond donors (Lipinski definition) is 1. The van der Waals surface area contributed by atoms with Gasteiger partial charge >= 0.3 is 0 Å². The molecule has 1 aromatic carbocycles. The number of morpholine rings is 1. The minimum atomic E-state index is -3.45. The largest absolute Gasteiger partial charge is 0.494 e. The second-order valence-electron chi connectivity index (χ2n) is 11.3. The lowest BCUT2D eigenvalue weighted by atomic mass is 10.3. The first kappa shape index (κ1) is 31.7. The second kappa shape index (κ2) is 14.0. The minimum absolute atomic E-state index is 0.0628. The quantitative estimate of drug-likeness (QED) is 0.288. The number of aliphatic hydroxyl groups excluding tert-OH is 1. The Kier molecular flexibility index (Phi) is 9.91. The summed E-state index contributed by atoms with van der Waals surface area (Å²) in [5.74, 6) is 1.80. The van der Waals surface area contributed by atoms with E-state index < -0.39 is 16.7 Å². The number of aromatic nitrogens is 5. The molecule has 3 aliphatic rings. The average Bonchev–Trinajstić information content (AvgIpc) is 3.47. The zero-order chi connectivity index (χ0) is 31.4. The zero-order valence-corrected chi connectivity index (χ0v) is 26.4. The van der Waals surface area contributed by atoms with Crippen LogP contribution in [0.5, 0.6) is 5.75 Å². The maximum Gasteiger partial charge on any atom is 0.242 e. The molecule has 6 rings (SSSR count). The fourth-order valence-corrected chi connectivity index (χ4v) is 7.47. The van der Waals surface area contributed by atoms with E-state index in [1.54, 1.807) is 22.0 Å². The summed E-state index contributed by atoms with van der Waals surface area (Å²) in [5, 5.41) is 9.15. The zero-order valence-electron chi connectivity index (χ0n) is 25.6. The van der Waals surface area contributed by atoms with Gasteiger partial charge in [0.1, 0.15) is 23.8 Å². The number of hydrogen-bond acceptors (Lipinski definition) is 13. The van der Waals surface area contributed by atoms with Crippen molar-refractivity contribution in [3.63, 3.8) is 0 Å². The van der Waals surface area contributed by atoms with Gasteiger partial charge in [0.05, 0.1) is 38.2 Å². The van der Waals surface area contributed by atoms with E-state index in [2.05, 4.69) is 14.8 Å². The van der Waals surface area contributed by atoms with E-state index in [-0.39, 0.29) is 24.1 Å². The number of rotatable bonds is 11. The lowest BCUT2D eigenvalue weighted by molar-refractivity contribution is 0.116. The maximum atomic E-state index is 14.3. The normalized spacial score (nSPS) is 19.4. The molecule has 0 aliphatic carbocycles. The van der Waals surface area contributed by atoms with Crippen molar-refractivity contribution in [2.24, 2.45) is 0 Å². The van der Waals surface area contributed by atoms with Crippen LogP contribution < -0.4 is 14.5 Å². The monoisotopic (exact) mass is 648 g/mol. The summed E-state index contributed by atoms with van der Waals surface area (Å²) in [5.41, 5.74) is 1.12. The molecule has 0 amide bonds. The summed E-state index contributed by atoms with van der Waals surface area (Å²) >= 11 is 0. The number of piperazine rings is 2. The first-order chi connectivity index (χ1) is 21.9. The molecule has 3 aromatic rings. The van der Waals surface area contributed by atoms with E-state index in [4.69, 9.17) is 29.5 Å². The third-order valence-corrected chi connectivity index (χ3v) is 10.5. The molecule has 0 saturated carbocycles. The number of para-hydroxylation sites is 1. The van der Waals surface area contributed by atoms with Crippen molar-refractivity contribution in [1.29, 1.82) is 0 Å². The molecular weight excluding hydrogens is 607 g/mol. The van der Waals surface area contributed by atoms with Crippen LogP contribution in [0.1, 0.15) is 5.82 Å². The predicted molar refractivity (Wildman–Crippen MR) is 166 cm³/mol. The molecule has 246 valence electrons. The number of ether oxygens (including phenoxy) is 2. The average molecular weight is 649 g/mol.